The summed E-state index contributed by atoms with van der Waals surface area (Å²) in [6, 6.07) is 0. The SMILES string of the molecule is O=C(O)c1cnc(NCCC(=O)N2CCCCC2)s1. The summed E-state index contributed by atoms with van der Waals surface area (Å²) in [5.74, 6) is -0.822. The zero-order chi connectivity index (χ0) is 13.7. The Hall–Kier alpha value is -1.63. The van der Waals surface area contributed by atoms with E-state index in [1.165, 1.54) is 12.6 Å². The molecule has 1 aromatic rings. The van der Waals surface area contributed by atoms with E-state index in [2.05, 4.69) is 10.3 Å². The minimum Gasteiger partial charge on any atom is -0.477 e. The Morgan fingerprint density at radius 1 is 1.37 bits per heavy atom. The molecule has 1 fully saturated rings. The third-order valence-electron chi connectivity index (χ3n) is 3.04. The number of carbonyl (C=O) groups is 2. The minimum atomic E-state index is -0.977. The van der Waals surface area contributed by atoms with Gasteiger partial charge in [-0.3, -0.25) is 4.79 Å². The van der Waals surface area contributed by atoms with E-state index in [0.29, 0.717) is 18.1 Å². The third-order valence-corrected chi connectivity index (χ3v) is 3.98. The normalized spacial score (nSPS) is 15.3. The number of nitrogens with one attached hydrogen (secondary N) is 1. The van der Waals surface area contributed by atoms with Crippen molar-refractivity contribution in [2.75, 3.05) is 25.0 Å². The number of thiazole rings is 1. The van der Waals surface area contributed by atoms with Crippen LogP contribution < -0.4 is 5.32 Å². The van der Waals surface area contributed by atoms with Crippen molar-refractivity contribution in [3.8, 4) is 0 Å². The van der Waals surface area contributed by atoms with Crippen LogP contribution in [0.1, 0.15) is 35.4 Å². The molecule has 104 valence electrons. The van der Waals surface area contributed by atoms with Crippen LogP contribution in [0.25, 0.3) is 0 Å². The van der Waals surface area contributed by atoms with Gasteiger partial charge in [0.05, 0.1) is 6.20 Å². The number of carboxylic acids is 1. The molecule has 2 heterocycles. The molecule has 1 aromatic heterocycles. The lowest BCUT2D eigenvalue weighted by Crippen LogP contribution is -2.36. The Morgan fingerprint density at radius 2 is 2.11 bits per heavy atom. The fourth-order valence-electron chi connectivity index (χ4n) is 2.03. The van der Waals surface area contributed by atoms with Gasteiger partial charge in [-0.25, -0.2) is 9.78 Å². The fraction of sp³-hybridized carbons (Fsp3) is 0.583. The lowest BCUT2D eigenvalue weighted by atomic mass is 10.1. The first-order valence-corrected chi connectivity index (χ1v) is 7.19. The second-order valence-electron chi connectivity index (χ2n) is 4.45. The number of likely N-dealkylation sites (tertiary alicyclic amines) is 1. The number of aromatic nitrogens is 1. The predicted octanol–water partition coefficient (Wildman–Crippen LogP) is 1.66. The van der Waals surface area contributed by atoms with Crippen molar-refractivity contribution in [1.82, 2.24) is 9.88 Å². The summed E-state index contributed by atoms with van der Waals surface area (Å²) in [5.41, 5.74) is 0. The van der Waals surface area contributed by atoms with Crippen LogP contribution in [0, 0.1) is 0 Å². The molecule has 0 aromatic carbocycles. The van der Waals surface area contributed by atoms with Gasteiger partial charge in [0, 0.05) is 26.1 Å². The van der Waals surface area contributed by atoms with Crippen molar-refractivity contribution in [1.29, 1.82) is 0 Å². The Labute approximate surface area is 115 Å². The topological polar surface area (TPSA) is 82.5 Å². The molecule has 7 heteroatoms. The van der Waals surface area contributed by atoms with Crippen LogP contribution in [0.3, 0.4) is 0 Å². The average molecular weight is 283 g/mol. The average Bonchev–Trinajstić information content (AvgIpc) is 2.89. The standard InChI is InChI=1S/C12H17N3O3S/c16-10(15-6-2-1-3-7-15)4-5-13-12-14-8-9(19-12)11(17)18/h8H,1-7H2,(H,13,14)(H,17,18). The predicted molar refractivity (Wildman–Crippen MR) is 72.6 cm³/mol. The van der Waals surface area contributed by atoms with Crippen molar-refractivity contribution in [3.63, 3.8) is 0 Å². The first-order chi connectivity index (χ1) is 9.16. The maximum Gasteiger partial charge on any atom is 0.347 e. The van der Waals surface area contributed by atoms with Gasteiger partial charge in [0.25, 0.3) is 0 Å². The van der Waals surface area contributed by atoms with Gasteiger partial charge in [0.2, 0.25) is 5.91 Å². The van der Waals surface area contributed by atoms with Crippen LogP contribution in [-0.4, -0.2) is 46.5 Å². The monoisotopic (exact) mass is 283 g/mol. The highest BCUT2D eigenvalue weighted by atomic mass is 32.1. The van der Waals surface area contributed by atoms with Crippen molar-refractivity contribution in [2.45, 2.75) is 25.7 Å². The lowest BCUT2D eigenvalue weighted by Gasteiger charge is -2.26. The molecule has 0 saturated carbocycles. The van der Waals surface area contributed by atoms with E-state index in [4.69, 9.17) is 5.11 Å². The molecule has 2 rings (SSSR count). The summed E-state index contributed by atoms with van der Waals surface area (Å²) in [4.78, 5) is 28.6. The number of piperidine rings is 1. The summed E-state index contributed by atoms with van der Waals surface area (Å²) in [5, 5.41) is 12.3. The fourth-order valence-corrected chi connectivity index (χ4v) is 2.71. The molecule has 1 amide bonds. The molecule has 0 bridgehead atoms. The van der Waals surface area contributed by atoms with E-state index in [1.54, 1.807) is 0 Å². The molecular formula is C12H17N3O3S. The number of aromatic carboxylic acids is 1. The van der Waals surface area contributed by atoms with Crippen LogP contribution in [0.15, 0.2) is 6.20 Å². The summed E-state index contributed by atoms with van der Waals surface area (Å²) in [6.45, 7) is 2.21. The smallest absolute Gasteiger partial charge is 0.347 e. The maximum absolute atomic E-state index is 11.9. The lowest BCUT2D eigenvalue weighted by molar-refractivity contribution is -0.131. The molecule has 1 saturated heterocycles. The number of anilines is 1. The summed E-state index contributed by atoms with van der Waals surface area (Å²) in [6.07, 6.45) is 5.13. The minimum absolute atomic E-state index is 0.155. The number of hydrogen-bond donors (Lipinski definition) is 2. The Morgan fingerprint density at radius 3 is 2.74 bits per heavy atom. The highest BCUT2D eigenvalue weighted by Gasteiger charge is 2.16. The number of carboxylic acid groups (broad SMARTS) is 1. The third kappa shape index (κ3) is 3.92. The molecule has 1 aliphatic rings. The number of rotatable bonds is 5. The first-order valence-electron chi connectivity index (χ1n) is 6.37. The van der Waals surface area contributed by atoms with E-state index >= 15 is 0 Å². The van der Waals surface area contributed by atoms with E-state index in [9.17, 15) is 9.59 Å². The van der Waals surface area contributed by atoms with Crippen LogP contribution in [0.2, 0.25) is 0 Å². The quantitative estimate of drug-likeness (QED) is 0.858. The van der Waals surface area contributed by atoms with Crippen molar-refractivity contribution in [2.24, 2.45) is 0 Å². The number of amides is 1. The van der Waals surface area contributed by atoms with Gasteiger partial charge >= 0.3 is 5.97 Å². The van der Waals surface area contributed by atoms with E-state index in [-0.39, 0.29) is 10.8 Å². The summed E-state index contributed by atoms with van der Waals surface area (Å²) < 4.78 is 0. The Kier molecular flexibility index (Phi) is 4.73. The van der Waals surface area contributed by atoms with E-state index in [1.807, 2.05) is 4.90 Å². The van der Waals surface area contributed by atoms with Crippen LogP contribution in [0.5, 0.6) is 0 Å². The van der Waals surface area contributed by atoms with Crippen molar-refractivity contribution in [3.05, 3.63) is 11.1 Å². The molecule has 1 aliphatic heterocycles. The van der Waals surface area contributed by atoms with Gasteiger partial charge in [-0.1, -0.05) is 11.3 Å². The molecule has 19 heavy (non-hydrogen) atoms. The summed E-state index contributed by atoms with van der Waals surface area (Å²) >= 11 is 1.08. The second-order valence-corrected chi connectivity index (χ2v) is 5.48. The zero-order valence-corrected chi connectivity index (χ0v) is 11.4. The second kappa shape index (κ2) is 6.51. The van der Waals surface area contributed by atoms with E-state index < -0.39 is 5.97 Å². The molecule has 0 aliphatic carbocycles. The Balaban J connectivity index is 1.73. The number of hydrogen-bond acceptors (Lipinski definition) is 5. The number of nitrogens with zero attached hydrogens (tertiary/aromatic N) is 2. The van der Waals surface area contributed by atoms with Crippen molar-refractivity contribution < 1.29 is 14.7 Å². The van der Waals surface area contributed by atoms with Gasteiger partial charge < -0.3 is 15.3 Å². The van der Waals surface area contributed by atoms with Gasteiger partial charge in [0.1, 0.15) is 4.88 Å². The molecule has 2 N–H and O–H groups in total. The van der Waals surface area contributed by atoms with Crippen LogP contribution in [0.4, 0.5) is 5.13 Å². The van der Waals surface area contributed by atoms with Gasteiger partial charge in [-0.05, 0) is 19.3 Å². The highest BCUT2D eigenvalue weighted by molar-refractivity contribution is 7.17. The first kappa shape index (κ1) is 13.8. The molecule has 0 unspecified atom stereocenters. The highest BCUT2D eigenvalue weighted by Crippen LogP contribution is 2.17. The van der Waals surface area contributed by atoms with Crippen LogP contribution in [-0.2, 0) is 4.79 Å². The van der Waals surface area contributed by atoms with Gasteiger partial charge in [-0.2, -0.15) is 0 Å². The molecular weight excluding hydrogens is 266 g/mol. The molecule has 0 spiro atoms. The van der Waals surface area contributed by atoms with Crippen LogP contribution >= 0.6 is 11.3 Å². The van der Waals surface area contributed by atoms with Gasteiger partial charge in [-0.15, -0.1) is 0 Å². The zero-order valence-electron chi connectivity index (χ0n) is 10.6. The summed E-state index contributed by atoms with van der Waals surface area (Å²) in [7, 11) is 0. The Bertz CT molecular complexity index is 455. The maximum atomic E-state index is 11.9. The molecule has 0 atom stereocenters. The van der Waals surface area contributed by atoms with E-state index in [0.717, 1.165) is 37.3 Å². The van der Waals surface area contributed by atoms with Gasteiger partial charge in [0.15, 0.2) is 5.13 Å². The largest absolute Gasteiger partial charge is 0.477 e. The number of carbonyl (C=O) groups excluding carboxylic acids is 1. The molecule has 0 radical (unpaired) electrons. The molecule has 6 nitrogen and oxygen atoms in total. The van der Waals surface area contributed by atoms with Crippen molar-refractivity contribution >= 4 is 28.3 Å².